The van der Waals surface area contributed by atoms with Crippen molar-refractivity contribution in [2.75, 3.05) is 27.2 Å². The van der Waals surface area contributed by atoms with Gasteiger partial charge in [0.05, 0.1) is 0 Å². The Bertz CT molecular complexity index is 645. The zero-order valence-electron chi connectivity index (χ0n) is 14.5. The number of nitrogens with one attached hydrogen (secondary N) is 1. The van der Waals surface area contributed by atoms with Crippen molar-refractivity contribution >= 4 is 5.91 Å². The van der Waals surface area contributed by atoms with Crippen molar-refractivity contribution in [3.8, 4) is 11.1 Å². The summed E-state index contributed by atoms with van der Waals surface area (Å²) in [4.78, 5) is 14.1. The third kappa shape index (κ3) is 4.93. The molecule has 0 saturated heterocycles. The molecule has 0 bridgehead atoms. The van der Waals surface area contributed by atoms with E-state index in [0.717, 1.165) is 12.1 Å². The van der Waals surface area contributed by atoms with Gasteiger partial charge in [0.1, 0.15) is 0 Å². The summed E-state index contributed by atoms with van der Waals surface area (Å²) in [5.74, 6) is 0.492. The Morgan fingerprint density at radius 1 is 1.04 bits per heavy atom. The molecule has 0 aromatic heterocycles. The second kappa shape index (κ2) is 7.93. The van der Waals surface area contributed by atoms with Gasteiger partial charge < -0.3 is 10.2 Å². The molecule has 1 N–H and O–H groups in total. The maximum Gasteiger partial charge on any atom is 0.251 e. The summed E-state index contributed by atoms with van der Waals surface area (Å²) in [6.45, 7) is 5.89. The molecule has 0 fully saturated rings. The molecular weight excluding hydrogens is 284 g/mol. The van der Waals surface area contributed by atoms with Crippen LogP contribution in [-0.2, 0) is 0 Å². The first-order chi connectivity index (χ1) is 11.0. The summed E-state index contributed by atoms with van der Waals surface area (Å²) >= 11 is 0. The molecule has 122 valence electrons. The normalized spacial score (nSPS) is 11.0. The predicted octanol–water partition coefficient (Wildman–Crippen LogP) is 3.77. The molecule has 2 rings (SSSR count). The van der Waals surface area contributed by atoms with Crippen LogP contribution < -0.4 is 5.32 Å². The minimum atomic E-state index is -0.0191. The molecule has 0 saturated carbocycles. The van der Waals surface area contributed by atoms with Crippen LogP contribution in [-0.4, -0.2) is 38.0 Å². The van der Waals surface area contributed by atoms with Gasteiger partial charge in [0.15, 0.2) is 0 Å². The van der Waals surface area contributed by atoms with Gasteiger partial charge in [0.2, 0.25) is 0 Å². The minimum absolute atomic E-state index is 0.0191. The van der Waals surface area contributed by atoms with Crippen LogP contribution in [0.2, 0.25) is 0 Å². The Morgan fingerprint density at radius 2 is 1.74 bits per heavy atom. The molecule has 2 aromatic rings. The highest BCUT2D eigenvalue weighted by Crippen LogP contribution is 2.24. The molecule has 0 aliphatic carbocycles. The van der Waals surface area contributed by atoms with Crippen LogP contribution in [0.25, 0.3) is 11.1 Å². The van der Waals surface area contributed by atoms with Gasteiger partial charge in [-0.3, -0.25) is 4.79 Å². The SMILES string of the molecule is CC(C)c1cccc(-c2ccc(C(=O)NCCN(C)C)cc2)c1. The van der Waals surface area contributed by atoms with Crippen LogP contribution in [0.1, 0.15) is 35.7 Å². The smallest absolute Gasteiger partial charge is 0.251 e. The molecule has 0 atom stereocenters. The van der Waals surface area contributed by atoms with Crippen LogP contribution in [0, 0.1) is 0 Å². The van der Waals surface area contributed by atoms with Crippen LogP contribution in [0.3, 0.4) is 0 Å². The standard InChI is InChI=1S/C20H26N2O/c1-15(2)18-6-5-7-19(14-18)16-8-10-17(11-9-16)20(23)21-12-13-22(3)4/h5-11,14-15H,12-13H2,1-4H3,(H,21,23). The lowest BCUT2D eigenvalue weighted by Gasteiger charge is -2.11. The van der Waals surface area contributed by atoms with Gasteiger partial charge in [-0.15, -0.1) is 0 Å². The molecule has 2 aromatic carbocycles. The highest BCUT2D eigenvalue weighted by atomic mass is 16.1. The van der Waals surface area contributed by atoms with E-state index in [1.54, 1.807) is 0 Å². The largest absolute Gasteiger partial charge is 0.351 e. The highest BCUT2D eigenvalue weighted by molar-refractivity contribution is 5.94. The third-order valence-electron chi connectivity index (χ3n) is 3.88. The van der Waals surface area contributed by atoms with Gasteiger partial charge in [-0.05, 0) is 48.8 Å². The van der Waals surface area contributed by atoms with Crippen molar-refractivity contribution < 1.29 is 4.79 Å². The first kappa shape index (κ1) is 17.2. The maximum atomic E-state index is 12.1. The van der Waals surface area contributed by atoms with E-state index in [2.05, 4.69) is 43.4 Å². The second-order valence-electron chi connectivity index (χ2n) is 6.42. The molecule has 0 unspecified atom stereocenters. The Kier molecular flexibility index (Phi) is 5.94. The number of carbonyl (C=O) groups excluding carboxylic acids is 1. The first-order valence-corrected chi connectivity index (χ1v) is 8.10. The fraction of sp³-hybridized carbons (Fsp3) is 0.350. The van der Waals surface area contributed by atoms with Crippen molar-refractivity contribution in [1.82, 2.24) is 10.2 Å². The number of carbonyl (C=O) groups is 1. The second-order valence-corrected chi connectivity index (χ2v) is 6.42. The summed E-state index contributed by atoms with van der Waals surface area (Å²) in [6, 6.07) is 16.4. The van der Waals surface area contributed by atoms with Gasteiger partial charge in [-0.25, -0.2) is 0 Å². The summed E-state index contributed by atoms with van der Waals surface area (Å²) in [5.41, 5.74) is 4.36. The predicted molar refractivity (Wildman–Crippen MR) is 96.9 cm³/mol. The molecule has 23 heavy (non-hydrogen) atoms. The van der Waals surface area contributed by atoms with Gasteiger partial charge in [-0.1, -0.05) is 50.2 Å². The first-order valence-electron chi connectivity index (χ1n) is 8.10. The molecule has 3 heteroatoms. The van der Waals surface area contributed by atoms with Crippen LogP contribution in [0.5, 0.6) is 0 Å². The van der Waals surface area contributed by atoms with E-state index in [1.807, 2.05) is 43.3 Å². The van der Waals surface area contributed by atoms with E-state index < -0.39 is 0 Å². The number of likely N-dealkylation sites (N-methyl/N-ethyl adjacent to an activating group) is 1. The van der Waals surface area contributed by atoms with E-state index in [0.29, 0.717) is 18.0 Å². The molecule has 0 aliphatic heterocycles. The Morgan fingerprint density at radius 3 is 2.35 bits per heavy atom. The lowest BCUT2D eigenvalue weighted by Crippen LogP contribution is -2.31. The monoisotopic (exact) mass is 310 g/mol. The zero-order valence-corrected chi connectivity index (χ0v) is 14.5. The lowest BCUT2D eigenvalue weighted by atomic mass is 9.97. The van der Waals surface area contributed by atoms with Crippen molar-refractivity contribution in [3.63, 3.8) is 0 Å². The van der Waals surface area contributed by atoms with Gasteiger partial charge in [0, 0.05) is 18.7 Å². The Hall–Kier alpha value is -2.13. The van der Waals surface area contributed by atoms with E-state index in [1.165, 1.54) is 11.1 Å². The zero-order chi connectivity index (χ0) is 16.8. The van der Waals surface area contributed by atoms with E-state index >= 15 is 0 Å². The number of hydrogen-bond donors (Lipinski definition) is 1. The van der Waals surface area contributed by atoms with Crippen molar-refractivity contribution in [2.45, 2.75) is 19.8 Å². The Labute approximate surface area is 139 Å². The maximum absolute atomic E-state index is 12.1. The summed E-state index contributed by atoms with van der Waals surface area (Å²) in [5, 5.41) is 2.93. The van der Waals surface area contributed by atoms with Crippen LogP contribution >= 0.6 is 0 Å². The van der Waals surface area contributed by atoms with Gasteiger partial charge in [-0.2, -0.15) is 0 Å². The molecule has 0 heterocycles. The van der Waals surface area contributed by atoms with Gasteiger partial charge in [0.25, 0.3) is 5.91 Å². The Balaban J connectivity index is 2.07. The highest BCUT2D eigenvalue weighted by Gasteiger charge is 2.06. The fourth-order valence-electron chi connectivity index (χ4n) is 2.39. The van der Waals surface area contributed by atoms with E-state index in [-0.39, 0.29) is 5.91 Å². The fourth-order valence-corrected chi connectivity index (χ4v) is 2.39. The molecule has 0 aliphatic rings. The van der Waals surface area contributed by atoms with Crippen molar-refractivity contribution in [2.24, 2.45) is 0 Å². The summed E-state index contributed by atoms with van der Waals surface area (Å²) < 4.78 is 0. The number of hydrogen-bond acceptors (Lipinski definition) is 2. The third-order valence-corrected chi connectivity index (χ3v) is 3.88. The molecule has 1 amide bonds. The molecular formula is C20H26N2O. The molecule has 0 spiro atoms. The quantitative estimate of drug-likeness (QED) is 0.881. The number of nitrogens with zero attached hydrogens (tertiary/aromatic N) is 1. The summed E-state index contributed by atoms with van der Waals surface area (Å²) in [7, 11) is 3.98. The van der Waals surface area contributed by atoms with E-state index in [9.17, 15) is 4.79 Å². The number of benzene rings is 2. The average molecular weight is 310 g/mol. The molecule has 0 radical (unpaired) electrons. The minimum Gasteiger partial charge on any atom is -0.351 e. The summed E-state index contributed by atoms with van der Waals surface area (Å²) in [6.07, 6.45) is 0. The van der Waals surface area contributed by atoms with Crippen molar-refractivity contribution in [1.29, 1.82) is 0 Å². The van der Waals surface area contributed by atoms with E-state index in [4.69, 9.17) is 0 Å². The van der Waals surface area contributed by atoms with Gasteiger partial charge >= 0.3 is 0 Å². The number of amides is 1. The topological polar surface area (TPSA) is 32.3 Å². The lowest BCUT2D eigenvalue weighted by molar-refractivity contribution is 0.0951. The van der Waals surface area contributed by atoms with Crippen LogP contribution in [0.4, 0.5) is 0 Å². The number of rotatable bonds is 6. The molecule has 3 nitrogen and oxygen atoms in total. The average Bonchev–Trinajstić information content (AvgIpc) is 2.54. The van der Waals surface area contributed by atoms with Crippen molar-refractivity contribution in [3.05, 3.63) is 59.7 Å². The van der Waals surface area contributed by atoms with Crippen LogP contribution in [0.15, 0.2) is 48.5 Å².